The fourth-order valence-corrected chi connectivity index (χ4v) is 3.87. The van der Waals surface area contributed by atoms with Crippen LogP contribution in [0.1, 0.15) is 20.4 Å². The van der Waals surface area contributed by atoms with E-state index in [0.717, 1.165) is 21.7 Å². The van der Waals surface area contributed by atoms with Crippen LogP contribution in [0, 0.1) is 12.7 Å². The van der Waals surface area contributed by atoms with Crippen LogP contribution in [0.15, 0.2) is 29.6 Å². The summed E-state index contributed by atoms with van der Waals surface area (Å²) in [5.74, 6) is -2.21. The van der Waals surface area contributed by atoms with Gasteiger partial charge in [-0.1, -0.05) is 0 Å². The summed E-state index contributed by atoms with van der Waals surface area (Å²) in [5, 5.41) is 3.04. The van der Waals surface area contributed by atoms with E-state index in [4.69, 9.17) is 4.74 Å². The molecule has 3 aromatic rings. The molecule has 0 aliphatic rings. The maximum absolute atomic E-state index is 13.2. The summed E-state index contributed by atoms with van der Waals surface area (Å²) >= 11 is 2.49. The number of thiazole rings is 1. The number of amides is 2. The third-order valence-corrected chi connectivity index (χ3v) is 5.40. The van der Waals surface area contributed by atoms with E-state index in [1.165, 1.54) is 29.5 Å². The number of hydrogen-bond acceptors (Lipinski definition) is 7. The molecule has 0 spiro atoms. The van der Waals surface area contributed by atoms with Crippen LogP contribution in [0.3, 0.4) is 0 Å². The first-order valence-electron chi connectivity index (χ1n) is 7.75. The lowest BCUT2D eigenvalue weighted by Gasteiger charge is -2.06. The lowest BCUT2D eigenvalue weighted by atomic mass is 10.2. The van der Waals surface area contributed by atoms with Crippen molar-refractivity contribution in [2.24, 2.45) is 0 Å². The van der Waals surface area contributed by atoms with Crippen molar-refractivity contribution in [2.75, 3.05) is 6.61 Å². The lowest BCUT2D eigenvalue weighted by molar-refractivity contribution is -0.130. The number of carbonyl (C=O) groups is 3. The van der Waals surface area contributed by atoms with Crippen molar-refractivity contribution in [3.63, 3.8) is 0 Å². The highest BCUT2D eigenvalue weighted by atomic mass is 32.1. The third-order valence-electron chi connectivity index (χ3n) is 3.33. The first kappa shape index (κ1) is 18.9. The van der Waals surface area contributed by atoms with Crippen LogP contribution in [0.2, 0.25) is 0 Å². The molecule has 10 heteroatoms. The third kappa shape index (κ3) is 5.08. The molecule has 0 saturated carbocycles. The molecule has 2 heterocycles. The van der Waals surface area contributed by atoms with Crippen molar-refractivity contribution in [1.82, 2.24) is 15.8 Å². The van der Waals surface area contributed by atoms with Gasteiger partial charge in [0.05, 0.1) is 6.42 Å². The van der Waals surface area contributed by atoms with E-state index in [0.29, 0.717) is 10.4 Å². The zero-order valence-electron chi connectivity index (χ0n) is 14.1. The zero-order valence-corrected chi connectivity index (χ0v) is 15.7. The molecule has 140 valence electrons. The molecule has 0 unspecified atom stereocenters. The number of aromatic nitrogens is 1. The van der Waals surface area contributed by atoms with Gasteiger partial charge >= 0.3 is 5.97 Å². The van der Waals surface area contributed by atoms with Crippen molar-refractivity contribution >= 4 is 50.5 Å². The Kier molecular flexibility index (Phi) is 5.77. The predicted molar refractivity (Wildman–Crippen MR) is 98.9 cm³/mol. The minimum absolute atomic E-state index is 0.0386. The van der Waals surface area contributed by atoms with Crippen molar-refractivity contribution < 1.29 is 23.5 Å². The molecule has 2 aromatic heterocycles. The van der Waals surface area contributed by atoms with Gasteiger partial charge in [-0.25, -0.2) is 14.2 Å². The van der Waals surface area contributed by atoms with Gasteiger partial charge in [0.1, 0.15) is 15.7 Å². The highest BCUT2D eigenvalue weighted by Crippen LogP contribution is 2.26. The predicted octanol–water partition coefficient (Wildman–Crippen LogP) is 2.35. The fourth-order valence-electron chi connectivity index (χ4n) is 2.16. The molecule has 0 fully saturated rings. The summed E-state index contributed by atoms with van der Waals surface area (Å²) in [6.45, 7) is 1.26. The van der Waals surface area contributed by atoms with Gasteiger partial charge in [-0.3, -0.25) is 20.4 Å². The van der Waals surface area contributed by atoms with Crippen LogP contribution in [0.5, 0.6) is 0 Å². The summed E-state index contributed by atoms with van der Waals surface area (Å²) in [5.41, 5.74) is 5.22. The van der Waals surface area contributed by atoms with Crippen LogP contribution in [-0.4, -0.2) is 29.4 Å². The summed E-state index contributed by atoms with van der Waals surface area (Å²) in [6.07, 6.45) is 0.0386. The molecule has 2 amide bonds. The Morgan fingerprint density at radius 1 is 1.19 bits per heavy atom. The summed E-state index contributed by atoms with van der Waals surface area (Å²) in [6, 6.07) is 5.69. The SMILES string of the molecule is Cc1csc(CC(=O)NNC(=O)COC(=O)c2cc3cc(F)ccc3s2)n1. The van der Waals surface area contributed by atoms with E-state index >= 15 is 0 Å². The van der Waals surface area contributed by atoms with Gasteiger partial charge in [0.15, 0.2) is 6.61 Å². The number of aryl methyl sites for hydroxylation is 1. The molecule has 0 saturated heterocycles. The van der Waals surface area contributed by atoms with E-state index in [1.807, 2.05) is 12.3 Å². The van der Waals surface area contributed by atoms with Crippen LogP contribution >= 0.6 is 22.7 Å². The Labute approximate surface area is 161 Å². The number of thiophene rings is 1. The Hall–Kier alpha value is -2.85. The molecule has 27 heavy (non-hydrogen) atoms. The second kappa shape index (κ2) is 8.23. The normalized spacial score (nSPS) is 10.6. The number of hydrazine groups is 1. The Morgan fingerprint density at radius 3 is 2.70 bits per heavy atom. The number of benzene rings is 1. The molecule has 0 bridgehead atoms. The fraction of sp³-hybridized carbons (Fsp3) is 0.176. The molecule has 3 rings (SSSR count). The second-order valence-corrected chi connectivity index (χ2v) is 7.55. The molecular formula is C17H14FN3O4S2. The smallest absolute Gasteiger partial charge is 0.348 e. The van der Waals surface area contributed by atoms with Crippen LogP contribution in [0.4, 0.5) is 4.39 Å². The highest BCUT2D eigenvalue weighted by molar-refractivity contribution is 7.20. The van der Waals surface area contributed by atoms with E-state index in [1.54, 1.807) is 6.07 Å². The quantitative estimate of drug-likeness (QED) is 0.500. The van der Waals surface area contributed by atoms with Crippen molar-refractivity contribution in [3.05, 3.63) is 51.0 Å². The molecule has 7 nitrogen and oxygen atoms in total. The van der Waals surface area contributed by atoms with Crippen LogP contribution in [0.25, 0.3) is 10.1 Å². The monoisotopic (exact) mass is 407 g/mol. The number of nitrogens with one attached hydrogen (secondary N) is 2. The number of fused-ring (bicyclic) bond motifs is 1. The topological polar surface area (TPSA) is 97.4 Å². The van der Waals surface area contributed by atoms with Crippen molar-refractivity contribution in [1.29, 1.82) is 0 Å². The number of halogens is 1. The average Bonchev–Trinajstić information content (AvgIpc) is 3.23. The number of ether oxygens (including phenoxy) is 1. The van der Waals surface area contributed by atoms with E-state index in [2.05, 4.69) is 15.8 Å². The standard InChI is InChI=1S/C17H14FN3O4S2/c1-9-8-26-16(19-9)6-14(22)20-21-15(23)7-25-17(24)13-5-10-4-11(18)2-3-12(10)27-13/h2-5,8H,6-7H2,1H3,(H,20,22)(H,21,23). The number of hydrogen-bond donors (Lipinski definition) is 2. The van der Waals surface area contributed by atoms with Gasteiger partial charge in [0, 0.05) is 15.8 Å². The summed E-state index contributed by atoms with van der Waals surface area (Å²) in [4.78, 5) is 39.8. The Bertz CT molecular complexity index is 1010. The molecule has 0 radical (unpaired) electrons. The number of esters is 1. The molecule has 0 aliphatic heterocycles. The van der Waals surface area contributed by atoms with Gasteiger partial charge in [0.2, 0.25) is 5.91 Å². The van der Waals surface area contributed by atoms with Gasteiger partial charge in [-0.2, -0.15) is 0 Å². The van der Waals surface area contributed by atoms with E-state index in [9.17, 15) is 18.8 Å². The Morgan fingerprint density at radius 2 is 1.96 bits per heavy atom. The van der Waals surface area contributed by atoms with Gasteiger partial charge in [0.25, 0.3) is 5.91 Å². The van der Waals surface area contributed by atoms with Crippen molar-refractivity contribution in [2.45, 2.75) is 13.3 Å². The maximum atomic E-state index is 13.2. The second-order valence-electron chi connectivity index (χ2n) is 5.52. The zero-order chi connectivity index (χ0) is 19.4. The van der Waals surface area contributed by atoms with E-state index < -0.39 is 30.2 Å². The number of carbonyl (C=O) groups excluding carboxylic acids is 3. The highest BCUT2D eigenvalue weighted by Gasteiger charge is 2.15. The van der Waals surface area contributed by atoms with Crippen molar-refractivity contribution in [3.8, 4) is 0 Å². The van der Waals surface area contributed by atoms with Gasteiger partial charge in [-0.15, -0.1) is 22.7 Å². The average molecular weight is 407 g/mol. The molecule has 0 atom stereocenters. The summed E-state index contributed by atoms with van der Waals surface area (Å²) in [7, 11) is 0. The minimum Gasteiger partial charge on any atom is -0.451 e. The van der Waals surface area contributed by atoms with Crippen LogP contribution < -0.4 is 10.9 Å². The van der Waals surface area contributed by atoms with E-state index in [-0.39, 0.29) is 11.3 Å². The number of nitrogens with zero attached hydrogens (tertiary/aromatic N) is 1. The maximum Gasteiger partial charge on any atom is 0.348 e. The first-order chi connectivity index (χ1) is 12.9. The first-order valence-corrected chi connectivity index (χ1v) is 9.45. The Balaban J connectivity index is 1.45. The molecule has 2 N–H and O–H groups in total. The molecular weight excluding hydrogens is 393 g/mol. The molecule has 0 aliphatic carbocycles. The lowest BCUT2D eigenvalue weighted by Crippen LogP contribution is -2.44. The van der Waals surface area contributed by atoms with Gasteiger partial charge < -0.3 is 4.74 Å². The number of rotatable bonds is 5. The largest absolute Gasteiger partial charge is 0.451 e. The van der Waals surface area contributed by atoms with Gasteiger partial charge in [-0.05, 0) is 36.6 Å². The minimum atomic E-state index is -0.698. The summed E-state index contributed by atoms with van der Waals surface area (Å²) < 4.78 is 18.8. The molecule has 1 aromatic carbocycles. The van der Waals surface area contributed by atoms with Crippen LogP contribution in [-0.2, 0) is 20.7 Å².